The van der Waals surface area contributed by atoms with Crippen molar-refractivity contribution in [2.75, 3.05) is 0 Å². The summed E-state index contributed by atoms with van der Waals surface area (Å²) in [5.41, 5.74) is 0.667. The Kier molecular flexibility index (Phi) is 3.37. The number of Topliss-reactive ketones (excluding diaryl/α,β-unsaturated/α-hetero) is 2. The van der Waals surface area contributed by atoms with Gasteiger partial charge in [0.25, 0.3) is 0 Å². The summed E-state index contributed by atoms with van der Waals surface area (Å²) >= 11 is 0. The Hall–Kier alpha value is -1.00. The maximum absolute atomic E-state index is 13.0. The van der Waals surface area contributed by atoms with Crippen LogP contribution in [0.3, 0.4) is 0 Å². The smallest absolute Gasteiger partial charge is 0.166 e. The fourth-order valence-electron chi connectivity index (χ4n) is 6.25. The van der Waals surface area contributed by atoms with Gasteiger partial charge in [-0.2, -0.15) is 0 Å². The van der Waals surface area contributed by atoms with Crippen LogP contribution in [0.5, 0.6) is 0 Å². The number of fused-ring (bicyclic) bond motifs is 5. The predicted octanol–water partition coefficient (Wildman–Crippen LogP) is 2.38. The van der Waals surface area contributed by atoms with Gasteiger partial charge in [-0.3, -0.25) is 9.59 Å². The Balaban J connectivity index is 1.70. The number of rotatable bonds is 1. The van der Waals surface area contributed by atoms with Crippen molar-refractivity contribution in [2.24, 2.45) is 29.1 Å². The van der Waals surface area contributed by atoms with Crippen molar-refractivity contribution in [3.8, 4) is 0 Å². The van der Waals surface area contributed by atoms with Crippen molar-refractivity contribution in [1.82, 2.24) is 0 Å². The van der Waals surface area contributed by atoms with Crippen molar-refractivity contribution in [3.05, 3.63) is 11.6 Å². The van der Waals surface area contributed by atoms with Crippen molar-refractivity contribution in [1.29, 1.82) is 0 Å². The molecule has 0 bridgehead atoms. The van der Waals surface area contributed by atoms with Crippen molar-refractivity contribution >= 4 is 11.6 Å². The average molecular weight is 318 g/mol. The summed E-state index contributed by atoms with van der Waals surface area (Å²) in [6, 6.07) is 0. The second-order valence-corrected chi connectivity index (χ2v) is 8.23. The molecule has 4 aliphatic rings. The third kappa shape index (κ3) is 2.11. The zero-order chi connectivity index (χ0) is 16.4. The zero-order valence-corrected chi connectivity index (χ0v) is 13.8. The molecular formula is C19H26O4. The van der Waals surface area contributed by atoms with Crippen molar-refractivity contribution in [3.63, 3.8) is 0 Å². The Labute approximate surface area is 137 Å². The van der Waals surface area contributed by atoms with Crippen LogP contribution in [0, 0.1) is 29.1 Å². The van der Waals surface area contributed by atoms with Crippen LogP contribution in [0.15, 0.2) is 11.6 Å². The molecule has 4 aliphatic carbocycles. The molecule has 23 heavy (non-hydrogen) atoms. The third-order valence-corrected chi connectivity index (χ3v) is 7.32. The van der Waals surface area contributed by atoms with Crippen LogP contribution in [0.2, 0.25) is 0 Å². The number of allylic oxidation sites excluding steroid dienone is 1. The molecule has 3 saturated carbocycles. The van der Waals surface area contributed by atoms with Gasteiger partial charge in [-0.1, -0.05) is 18.6 Å². The lowest BCUT2D eigenvalue weighted by Crippen LogP contribution is -2.52. The monoisotopic (exact) mass is 318 g/mol. The molecule has 2 N–H and O–H groups in total. The van der Waals surface area contributed by atoms with Crippen LogP contribution in [-0.2, 0) is 9.59 Å². The molecular weight excluding hydrogens is 292 g/mol. The predicted molar refractivity (Wildman–Crippen MR) is 84.3 cm³/mol. The standard InChI is InChI=1S/C19H26O4/c1-2-18-10-15(20)17-12-7-8-19(22,23)9-11(12)3-4-13(17)14(18)5-6-16(18)21/h3,12-14,17,22-23H,2,4-10H2,1H3/t12?,13?,14?,17?,18-/m0/s1. The molecule has 0 radical (unpaired) electrons. The number of aliphatic hydroxyl groups is 2. The van der Waals surface area contributed by atoms with Crippen LogP contribution < -0.4 is 0 Å². The van der Waals surface area contributed by atoms with E-state index in [0.29, 0.717) is 37.4 Å². The summed E-state index contributed by atoms with van der Waals surface area (Å²) < 4.78 is 0. The Bertz CT molecular complexity index is 590. The van der Waals surface area contributed by atoms with Gasteiger partial charge in [-0.05, 0) is 43.4 Å². The summed E-state index contributed by atoms with van der Waals surface area (Å²) in [4.78, 5) is 25.5. The summed E-state index contributed by atoms with van der Waals surface area (Å²) in [7, 11) is 0. The van der Waals surface area contributed by atoms with E-state index in [1.165, 1.54) is 0 Å². The first-order valence-electron chi connectivity index (χ1n) is 9.08. The van der Waals surface area contributed by atoms with Gasteiger partial charge in [0.15, 0.2) is 5.79 Å². The molecule has 0 aromatic rings. The van der Waals surface area contributed by atoms with Crippen LogP contribution in [-0.4, -0.2) is 27.6 Å². The molecule has 3 fully saturated rings. The van der Waals surface area contributed by atoms with Gasteiger partial charge in [0.05, 0.1) is 0 Å². The summed E-state index contributed by atoms with van der Waals surface area (Å²) in [5.74, 6) is -0.261. The minimum absolute atomic E-state index is 0.00155. The number of hydrogen-bond acceptors (Lipinski definition) is 4. The van der Waals surface area contributed by atoms with Gasteiger partial charge < -0.3 is 10.2 Å². The fraction of sp³-hybridized carbons (Fsp3) is 0.789. The van der Waals surface area contributed by atoms with Crippen LogP contribution in [0.4, 0.5) is 0 Å². The third-order valence-electron chi connectivity index (χ3n) is 7.32. The molecule has 126 valence electrons. The van der Waals surface area contributed by atoms with Gasteiger partial charge in [0, 0.05) is 37.0 Å². The van der Waals surface area contributed by atoms with E-state index in [-0.39, 0.29) is 30.0 Å². The first kappa shape index (κ1) is 15.5. The molecule has 4 rings (SSSR count). The molecule has 5 atom stereocenters. The summed E-state index contributed by atoms with van der Waals surface area (Å²) in [6.07, 6.45) is 7.01. The Morgan fingerprint density at radius 2 is 2.00 bits per heavy atom. The van der Waals surface area contributed by atoms with Gasteiger partial charge in [-0.15, -0.1) is 0 Å². The Morgan fingerprint density at radius 3 is 2.74 bits per heavy atom. The van der Waals surface area contributed by atoms with Gasteiger partial charge in [-0.25, -0.2) is 0 Å². The highest BCUT2D eigenvalue weighted by Crippen LogP contribution is 2.60. The SMILES string of the molecule is CC[C@]12CC(=O)C3C4CCC(O)(O)CC4=CCC3C1CCC2=O. The molecule has 0 aliphatic heterocycles. The number of ketones is 2. The maximum Gasteiger partial charge on any atom is 0.166 e. The molecule has 0 amide bonds. The van der Waals surface area contributed by atoms with Crippen molar-refractivity contribution in [2.45, 2.75) is 64.1 Å². The zero-order valence-electron chi connectivity index (χ0n) is 13.8. The minimum atomic E-state index is -1.61. The highest BCUT2D eigenvalue weighted by atomic mass is 16.5. The summed E-state index contributed by atoms with van der Waals surface area (Å²) in [5, 5.41) is 19.8. The van der Waals surface area contributed by atoms with E-state index in [2.05, 4.69) is 13.0 Å². The number of carbonyl (C=O) groups excluding carboxylic acids is 2. The van der Waals surface area contributed by atoms with E-state index in [1.54, 1.807) is 0 Å². The number of carbonyl (C=O) groups is 2. The molecule has 0 heterocycles. The molecule has 0 spiro atoms. The van der Waals surface area contributed by atoms with Crippen molar-refractivity contribution < 1.29 is 19.8 Å². The molecule has 4 unspecified atom stereocenters. The molecule has 4 heteroatoms. The molecule has 0 aromatic heterocycles. The second kappa shape index (κ2) is 5.00. The lowest BCUT2D eigenvalue weighted by molar-refractivity contribution is -0.180. The lowest BCUT2D eigenvalue weighted by atomic mass is 9.51. The molecule has 4 nitrogen and oxygen atoms in total. The van der Waals surface area contributed by atoms with E-state index in [0.717, 1.165) is 24.8 Å². The van der Waals surface area contributed by atoms with Gasteiger partial charge in [0.2, 0.25) is 0 Å². The van der Waals surface area contributed by atoms with E-state index >= 15 is 0 Å². The van der Waals surface area contributed by atoms with E-state index in [9.17, 15) is 19.8 Å². The average Bonchev–Trinajstić information content (AvgIpc) is 2.83. The quantitative estimate of drug-likeness (QED) is 0.575. The molecule has 0 saturated heterocycles. The largest absolute Gasteiger partial charge is 0.365 e. The number of hydrogen-bond donors (Lipinski definition) is 2. The highest BCUT2D eigenvalue weighted by molar-refractivity contribution is 5.95. The first-order chi connectivity index (χ1) is 10.9. The summed E-state index contributed by atoms with van der Waals surface area (Å²) in [6.45, 7) is 2.06. The second-order valence-electron chi connectivity index (χ2n) is 8.23. The highest BCUT2D eigenvalue weighted by Gasteiger charge is 2.60. The van der Waals surface area contributed by atoms with Crippen LogP contribution in [0.25, 0.3) is 0 Å². The Morgan fingerprint density at radius 1 is 1.22 bits per heavy atom. The fourth-order valence-corrected chi connectivity index (χ4v) is 6.25. The lowest BCUT2D eigenvalue weighted by Gasteiger charge is -2.52. The minimum Gasteiger partial charge on any atom is -0.365 e. The van der Waals surface area contributed by atoms with Crippen LogP contribution in [0.1, 0.15) is 58.3 Å². The normalized spacial score (nSPS) is 45.1. The van der Waals surface area contributed by atoms with Gasteiger partial charge in [0.1, 0.15) is 11.6 Å². The first-order valence-corrected chi connectivity index (χ1v) is 9.08. The van der Waals surface area contributed by atoms with Crippen LogP contribution >= 0.6 is 0 Å². The van der Waals surface area contributed by atoms with E-state index in [4.69, 9.17) is 0 Å². The van der Waals surface area contributed by atoms with E-state index < -0.39 is 11.2 Å². The van der Waals surface area contributed by atoms with E-state index in [1.807, 2.05) is 0 Å². The maximum atomic E-state index is 13.0. The van der Waals surface area contributed by atoms with Gasteiger partial charge >= 0.3 is 0 Å². The topological polar surface area (TPSA) is 74.6 Å². The molecule has 0 aromatic carbocycles.